The third-order valence-corrected chi connectivity index (χ3v) is 5.19. The summed E-state index contributed by atoms with van der Waals surface area (Å²) in [6.07, 6.45) is 2.18. The molecule has 3 N–H and O–H groups in total. The van der Waals surface area contributed by atoms with Crippen molar-refractivity contribution in [1.82, 2.24) is 21.1 Å². The van der Waals surface area contributed by atoms with Gasteiger partial charge in [0.2, 0.25) is 0 Å². The second-order valence-corrected chi connectivity index (χ2v) is 7.48. The van der Waals surface area contributed by atoms with E-state index in [1.807, 2.05) is 0 Å². The molecule has 1 unspecified atom stereocenters. The molecule has 0 spiro atoms. The van der Waals surface area contributed by atoms with E-state index >= 15 is 0 Å². The third kappa shape index (κ3) is 6.94. The summed E-state index contributed by atoms with van der Waals surface area (Å²) in [5, 5.41) is 3.31. The predicted octanol–water partition coefficient (Wildman–Crippen LogP) is 0.221. The molecule has 1 atom stereocenters. The Labute approximate surface area is 186 Å². The third-order valence-electron chi connectivity index (χ3n) is 4.94. The van der Waals surface area contributed by atoms with E-state index in [1.54, 1.807) is 17.0 Å². The quantitative estimate of drug-likeness (QED) is 0.395. The number of amides is 2. The Bertz CT molecular complexity index is 781. The number of morpholine rings is 1. The van der Waals surface area contributed by atoms with Gasteiger partial charge in [-0.1, -0.05) is 0 Å². The number of hydrogen-bond acceptors (Lipinski definition) is 7. The Balaban J connectivity index is 1.46. The van der Waals surface area contributed by atoms with Crippen molar-refractivity contribution in [1.29, 1.82) is 0 Å². The lowest BCUT2D eigenvalue weighted by Gasteiger charge is -2.26. The minimum Gasteiger partial charge on any atom is -0.493 e. The number of thiocarbonyl (C=S) groups is 1. The Morgan fingerprint density at radius 1 is 1.19 bits per heavy atom. The predicted molar refractivity (Wildman–Crippen MR) is 116 cm³/mol. The number of ether oxygens (including phenoxy) is 4. The van der Waals surface area contributed by atoms with Gasteiger partial charge in [0, 0.05) is 31.8 Å². The number of nitrogens with zero attached hydrogens (tertiary/aromatic N) is 1. The summed E-state index contributed by atoms with van der Waals surface area (Å²) in [7, 11) is 1.47. The van der Waals surface area contributed by atoms with E-state index in [4.69, 9.17) is 31.2 Å². The molecule has 10 nitrogen and oxygen atoms in total. The van der Waals surface area contributed by atoms with Crippen molar-refractivity contribution in [2.45, 2.75) is 18.9 Å². The highest BCUT2D eigenvalue weighted by atomic mass is 32.1. The average Bonchev–Trinajstić information content (AvgIpc) is 3.33. The SMILES string of the molecule is COc1cc(C(=O)NNC(=S)NCC2CCCO2)ccc1OCC(=O)N1CCOCC1. The monoisotopic (exact) mass is 452 g/mol. The molecular weight excluding hydrogens is 424 g/mol. The molecule has 11 heteroatoms. The lowest BCUT2D eigenvalue weighted by Crippen LogP contribution is -2.48. The van der Waals surface area contributed by atoms with Crippen LogP contribution in [0.1, 0.15) is 23.2 Å². The van der Waals surface area contributed by atoms with Crippen LogP contribution in [0.25, 0.3) is 0 Å². The Morgan fingerprint density at radius 2 is 2.00 bits per heavy atom. The molecule has 2 amide bonds. The number of carbonyl (C=O) groups excluding carboxylic acids is 2. The molecule has 3 rings (SSSR count). The van der Waals surface area contributed by atoms with Gasteiger partial charge in [0.25, 0.3) is 11.8 Å². The van der Waals surface area contributed by atoms with E-state index in [9.17, 15) is 9.59 Å². The zero-order valence-corrected chi connectivity index (χ0v) is 18.3. The molecule has 2 fully saturated rings. The zero-order chi connectivity index (χ0) is 22.1. The first-order valence-electron chi connectivity index (χ1n) is 10.2. The number of hydrogen-bond donors (Lipinski definition) is 3. The van der Waals surface area contributed by atoms with Crippen molar-refractivity contribution in [3.63, 3.8) is 0 Å². The van der Waals surface area contributed by atoms with Gasteiger partial charge in [0.1, 0.15) is 0 Å². The topological polar surface area (TPSA) is 110 Å². The molecule has 2 heterocycles. The fourth-order valence-electron chi connectivity index (χ4n) is 3.21. The lowest BCUT2D eigenvalue weighted by atomic mass is 10.2. The Morgan fingerprint density at radius 3 is 2.71 bits per heavy atom. The smallest absolute Gasteiger partial charge is 0.269 e. The number of nitrogens with one attached hydrogen (secondary N) is 3. The van der Waals surface area contributed by atoms with Crippen LogP contribution in [0, 0.1) is 0 Å². The summed E-state index contributed by atoms with van der Waals surface area (Å²) < 4.78 is 21.7. The van der Waals surface area contributed by atoms with Crippen molar-refractivity contribution >= 4 is 29.1 Å². The molecule has 0 saturated carbocycles. The number of benzene rings is 1. The second kappa shape index (κ2) is 11.7. The van der Waals surface area contributed by atoms with Gasteiger partial charge in [-0.25, -0.2) is 0 Å². The summed E-state index contributed by atoms with van der Waals surface area (Å²) >= 11 is 5.16. The van der Waals surface area contributed by atoms with Gasteiger partial charge in [0.15, 0.2) is 23.2 Å². The Kier molecular flexibility index (Phi) is 8.68. The van der Waals surface area contributed by atoms with E-state index in [0.29, 0.717) is 55.0 Å². The zero-order valence-electron chi connectivity index (χ0n) is 17.5. The minimum absolute atomic E-state index is 0.117. The Hall–Kier alpha value is -2.63. The normalized spacial score (nSPS) is 18.2. The van der Waals surface area contributed by atoms with Gasteiger partial charge in [-0.05, 0) is 43.3 Å². The summed E-state index contributed by atoms with van der Waals surface area (Å²) in [5.41, 5.74) is 5.55. The first kappa shape index (κ1) is 23.0. The lowest BCUT2D eigenvalue weighted by molar-refractivity contribution is -0.137. The van der Waals surface area contributed by atoms with E-state index in [-0.39, 0.29) is 18.6 Å². The molecule has 31 heavy (non-hydrogen) atoms. The fourth-order valence-corrected chi connectivity index (χ4v) is 3.35. The largest absolute Gasteiger partial charge is 0.493 e. The van der Waals surface area contributed by atoms with E-state index in [0.717, 1.165) is 19.4 Å². The fraction of sp³-hybridized carbons (Fsp3) is 0.550. The van der Waals surface area contributed by atoms with Crippen LogP contribution < -0.4 is 25.6 Å². The van der Waals surface area contributed by atoms with Gasteiger partial charge in [-0.15, -0.1) is 0 Å². The van der Waals surface area contributed by atoms with Crippen LogP contribution in [0.3, 0.4) is 0 Å². The maximum atomic E-state index is 12.4. The highest BCUT2D eigenvalue weighted by molar-refractivity contribution is 7.80. The van der Waals surface area contributed by atoms with Crippen LogP contribution in [-0.4, -0.2) is 81.1 Å². The van der Waals surface area contributed by atoms with E-state index in [2.05, 4.69) is 16.2 Å². The van der Waals surface area contributed by atoms with Crippen molar-refractivity contribution in [3.8, 4) is 11.5 Å². The standard InChI is InChI=1S/C20H28N4O6S/c1-27-17-11-14(19(26)22-23-20(31)21-12-15-3-2-8-29-15)4-5-16(17)30-13-18(25)24-6-9-28-10-7-24/h4-5,11,15H,2-3,6-10,12-13H2,1H3,(H,22,26)(H2,21,23,31). The summed E-state index contributed by atoms with van der Waals surface area (Å²) in [5.74, 6) is 0.208. The van der Waals surface area contributed by atoms with E-state index < -0.39 is 5.91 Å². The molecular formula is C20H28N4O6S. The van der Waals surface area contributed by atoms with Crippen LogP contribution in [0.4, 0.5) is 0 Å². The summed E-state index contributed by atoms with van der Waals surface area (Å²) in [6, 6.07) is 4.71. The molecule has 2 aliphatic heterocycles. The number of methoxy groups -OCH3 is 1. The van der Waals surface area contributed by atoms with Crippen LogP contribution >= 0.6 is 12.2 Å². The van der Waals surface area contributed by atoms with Crippen molar-refractivity contribution in [3.05, 3.63) is 23.8 Å². The first-order chi connectivity index (χ1) is 15.1. The van der Waals surface area contributed by atoms with Gasteiger partial charge < -0.3 is 29.2 Å². The van der Waals surface area contributed by atoms with Crippen LogP contribution in [-0.2, 0) is 14.3 Å². The molecule has 170 valence electrons. The molecule has 0 bridgehead atoms. The molecule has 1 aromatic rings. The van der Waals surface area contributed by atoms with Gasteiger partial charge >= 0.3 is 0 Å². The molecule has 1 aromatic carbocycles. The van der Waals surface area contributed by atoms with Crippen molar-refractivity contribution < 1.29 is 28.5 Å². The van der Waals surface area contributed by atoms with Crippen LogP contribution in [0.15, 0.2) is 18.2 Å². The highest BCUT2D eigenvalue weighted by Gasteiger charge is 2.19. The van der Waals surface area contributed by atoms with Crippen molar-refractivity contribution in [2.24, 2.45) is 0 Å². The minimum atomic E-state index is -0.393. The average molecular weight is 453 g/mol. The number of rotatable bonds is 7. The molecule has 0 radical (unpaired) electrons. The first-order valence-corrected chi connectivity index (χ1v) is 10.6. The second-order valence-electron chi connectivity index (χ2n) is 7.07. The number of hydrazine groups is 1. The molecule has 2 aliphatic rings. The number of carbonyl (C=O) groups is 2. The van der Waals surface area contributed by atoms with Gasteiger partial charge in [-0.3, -0.25) is 20.4 Å². The van der Waals surface area contributed by atoms with Crippen LogP contribution in [0.5, 0.6) is 11.5 Å². The summed E-state index contributed by atoms with van der Waals surface area (Å²) in [6.45, 7) is 3.40. The summed E-state index contributed by atoms with van der Waals surface area (Å²) in [4.78, 5) is 26.3. The van der Waals surface area contributed by atoms with Crippen molar-refractivity contribution in [2.75, 3.05) is 53.2 Å². The molecule has 0 aromatic heterocycles. The highest BCUT2D eigenvalue weighted by Crippen LogP contribution is 2.28. The molecule has 2 saturated heterocycles. The van der Waals surface area contributed by atoms with E-state index in [1.165, 1.54) is 13.2 Å². The van der Waals surface area contributed by atoms with Crippen LogP contribution in [0.2, 0.25) is 0 Å². The maximum absolute atomic E-state index is 12.4. The van der Waals surface area contributed by atoms with Gasteiger partial charge in [-0.2, -0.15) is 0 Å². The van der Waals surface area contributed by atoms with Gasteiger partial charge in [0.05, 0.1) is 26.4 Å². The maximum Gasteiger partial charge on any atom is 0.269 e. The molecule has 0 aliphatic carbocycles.